The number of anilines is 1. The Balaban J connectivity index is 1.66. The maximum Gasteiger partial charge on any atom is 0.282 e. The van der Waals surface area contributed by atoms with Crippen molar-refractivity contribution >= 4 is 33.7 Å². The first-order valence-corrected chi connectivity index (χ1v) is 8.66. The molecule has 1 amide bonds. The van der Waals surface area contributed by atoms with E-state index in [0.717, 1.165) is 17.6 Å². The molecule has 3 aromatic rings. The van der Waals surface area contributed by atoms with E-state index >= 15 is 0 Å². The highest BCUT2D eigenvalue weighted by atomic mass is 32.1. The molecule has 3 rings (SSSR count). The van der Waals surface area contributed by atoms with Crippen LogP contribution >= 0.6 is 11.3 Å². The van der Waals surface area contributed by atoms with Gasteiger partial charge in [0, 0.05) is 5.69 Å². The lowest BCUT2D eigenvalue weighted by Gasteiger charge is -2.20. The van der Waals surface area contributed by atoms with Crippen LogP contribution in [0.3, 0.4) is 0 Å². The third-order valence-electron chi connectivity index (χ3n) is 4.18. The van der Waals surface area contributed by atoms with Crippen molar-refractivity contribution in [2.75, 3.05) is 12.4 Å². The second-order valence-corrected chi connectivity index (χ2v) is 6.91. The first-order valence-electron chi connectivity index (χ1n) is 7.78. The summed E-state index contributed by atoms with van der Waals surface area (Å²) < 4.78 is 0. The fourth-order valence-electron chi connectivity index (χ4n) is 2.58. The molecule has 118 valence electrons. The number of quaternary nitrogens is 1. The summed E-state index contributed by atoms with van der Waals surface area (Å²) in [5, 5.41) is 7.43. The lowest BCUT2D eigenvalue weighted by Crippen LogP contribution is -3.12. The molecule has 0 radical (unpaired) electrons. The van der Waals surface area contributed by atoms with E-state index < -0.39 is 0 Å². The number of likely N-dealkylation sites (N-methyl/N-ethyl adjacent to an activating group) is 1. The molecule has 1 heterocycles. The van der Waals surface area contributed by atoms with Gasteiger partial charge in [0.25, 0.3) is 5.91 Å². The lowest BCUT2D eigenvalue weighted by molar-refractivity contribution is -0.907. The second kappa shape index (κ2) is 6.94. The number of carbonyl (C=O) groups is 1. The number of carbonyl (C=O) groups excluding carboxylic acids is 1. The number of rotatable bonds is 5. The Labute approximate surface area is 140 Å². The summed E-state index contributed by atoms with van der Waals surface area (Å²) in [7, 11) is 2.06. The first-order chi connectivity index (χ1) is 11.1. The molecule has 3 nitrogen and oxygen atoms in total. The van der Waals surface area contributed by atoms with Gasteiger partial charge in [0.05, 0.1) is 11.9 Å². The highest BCUT2D eigenvalue weighted by Crippen LogP contribution is 2.18. The summed E-state index contributed by atoms with van der Waals surface area (Å²) >= 11 is 1.73. The topological polar surface area (TPSA) is 33.5 Å². The van der Waals surface area contributed by atoms with Gasteiger partial charge in [-0.1, -0.05) is 36.4 Å². The normalized spacial score (nSPS) is 13.7. The van der Waals surface area contributed by atoms with Crippen LogP contribution in [0.2, 0.25) is 0 Å². The van der Waals surface area contributed by atoms with Gasteiger partial charge in [-0.3, -0.25) is 4.79 Å². The predicted molar refractivity (Wildman–Crippen MR) is 96.9 cm³/mol. The molecule has 0 saturated carbocycles. The molecule has 0 spiro atoms. The third kappa shape index (κ3) is 3.78. The maximum absolute atomic E-state index is 12.5. The number of fused-ring (bicyclic) bond motifs is 1. The van der Waals surface area contributed by atoms with Crippen LogP contribution in [0.1, 0.15) is 11.8 Å². The minimum absolute atomic E-state index is 0.0503. The van der Waals surface area contributed by atoms with E-state index in [1.807, 2.05) is 43.3 Å². The van der Waals surface area contributed by atoms with Crippen LogP contribution in [0, 0.1) is 0 Å². The zero-order valence-electron chi connectivity index (χ0n) is 13.4. The Morgan fingerprint density at radius 2 is 1.91 bits per heavy atom. The van der Waals surface area contributed by atoms with Gasteiger partial charge in [-0.25, -0.2) is 0 Å². The van der Waals surface area contributed by atoms with Crippen molar-refractivity contribution in [1.29, 1.82) is 0 Å². The van der Waals surface area contributed by atoms with Gasteiger partial charge in [-0.05, 0) is 41.3 Å². The minimum Gasteiger partial charge on any atom is -0.323 e. The number of amides is 1. The summed E-state index contributed by atoms with van der Waals surface area (Å²) in [4.78, 5) is 15.0. The molecule has 4 heteroatoms. The molecule has 0 saturated heterocycles. The molecule has 0 aliphatic rings. The van der Waals surface area contributed by atoms with Crippen molar-refractivity contribution in [3.05, 3.63) is 64.9 Å². The molecule has 23 heavy (non-hydrogen) atoms. The van der Waals surface area contributed by atoms with Gasteiger partial charge >= 0.3 is 0 Å². The smallest absolute Gasteiger partial charge is 0.282 e. The molecular weight excluding hydrogens is 304 g/mol. The van der Waals surface area contributed by atoms with Crippen molar-refractivity contribution < 1.29 is 9.69 Å². The van der Waals surface area contributed by atoms with E-state index in [9.17, 15) is 4.79 Å². The molecule has 1 unspecified atom stereocenters. The third-order valence-corrected chi connectivity index (χ3v) is 5.06. The number of hydrogen-bond donors (Lipinski definition) is 2. The van der Waals surface area contributed by atoms with Crippen LogP contribution in [0.25, 0.3) is 10.8 Å². The molecule has 0 aliphatic carbocycles. The van der Waals surface area contributed by atoms with Crippen LogP contribution < -0.4 is 10.2 Å². The van der Waals surface area contributed by atoms with Crippen molar-refractivity contribution in [2.45, 2.75) is 19.5 Å². The highest BCUT2D eigenvalue weighted by molar-refractivity contribution is 7.09. The van der Waals surface area contributed by atoms with E-state index in [1.54, 1.807) is 11.3 Å². The van der Waals surface area contributed by atoms with Gasteiger partial charge in [0.1, 0.15) is 6.54 Å². The van der Waals surface area contributed by atoms with E-state index in [-0.39, 0.29) is 11.9 Å². The second-order valence-electron chi connectivity index (χ2n) is 5.88. The Bertz CT molecular complexity index is 798. The largest absolute Gasteiger partial charge is 0.323 e. The van der Waals surface area contributed by atoms with E-state index in [4.69, 9.17) is 0 Å². The zero-order chi connectivity index (χ0) is 16.2. The fourth-order valence-corrected chi connectivity index (χ4v) is 3.38. The first kappa shape index (κ1) is 15.7. The van der Waals surface area contributed by atoms with Crippen molar-refractivity contribution in [3.8, 4) is 0 Å². The van der Waals surface area contributed by atoms with Crippen molar-refractivity contribution in [2.24, 2.45) is 0 Å². The quantitative estimate of drug-likeness (QED) is 0.743. The highest BCUT2D eigenvalue weighted by Gasteiger charge is 2.22. The standard InChI is InChI=1S/C19H20N2OS/c1-14(21(2)13-18-8-5-11-23-18)19(22)20-17-10-9-15-6-3-4-7-16(15)12-17/h3-12,14H,13H2,1-2H3,(H,20,22)/p+1/t14-/m1/s1. The summed E-state index contributed by atoms with van der Waals surface area (Å²) in [6.45, 7) is 2.84. The van der Waals surface area contributed by atoms with Gasteiger partial charge < -0.3 is 10.2 Å². The van der Waals surface area contributed by atoms with Crippen LogP contribution in [0.15, 0.2) is 60.0 Å². The summed E-state index contributed by atoms with van der Waals surface area (Å²) in [6.07, 6.45) is 0. The Hall–Kier alpha value is -2.17. The summed E-state index contributed by atoms with van der Waals surface area (Å²) in [5.74, 6) is 0.0503. The molecule has 2 atom stereocenters. The van der Waals surface area contributed by atoms with Crippen LogP contribution in [0.4, 0.5) is 5.69 Å². The van der Waals surface area contributed by atoms with Crippen LogP contribution in [-0.2, 0) is 11.3 Å². The summed E-state index contributed by atoms with van der Waals surface area (Å²) in [5.41, 5.74) is 0.851. The monoisotopic (exact) mass is 325 g/mol. The molecule has 0 aliphatic heterocycles. The molecule has 0 bridgehead atoms. The predicted octanol–water partition coefficient (Wildman–Crippen LogP) is 2.94. The van der Waals surface area contributed by atoms with E-state index in [1.165, 1.54) is 15.2 Å². The number of benzene rings is 2. The van der Waals surface area contributed by atoms with Crippen molar-refractivity contribution in [3.63, 3.8) is 0 Å². The fraction of sp³-hybridized carbons (Fsp3) is 0.211. The Morgan fingerprint density at radius 1 is 1.13 bits per heavy atom. The average molecular weight is 325 g/mol. The number of hydrogen-bond acceptors (Lipinski definition) is 2. The lowest BCUT2D eigenvalue weighted by atomic mass is 10.1. The summed E-state index contributed by atoms with van der Waals surface area (Å²) in [6, 6.07) is 18.2. The Kier molecular flexibility index (Phi) is 4.74. The molecule has 2 aromatic carbocycles. The molecule has 1 aromatic heterocycles. The van der Waals surface area contributed by atoms with Crippen LogP contribution in [-0.4, -0.2) is 19.0 Å². The van der Waals surface area contributed by atoms with E-state index in [2.05, 4.69) is 35.9 Å². The maximum atomic E-state index is 12.5. The SMILES string of the molecule is C[C@H](C(=O)Nc1ccc2ccccc2c1)[NH+](C)Cc1cccs1. The van der Waals surface area contributed by atoms with Crippen LogP contribution in [0.5, 0.6) is 0 Å². The van der Waals surface area contributed by atoms with E-state index in [0.29, 0.717) is 0 Å². The number of thiophene rings is 1. The number of nitrogens with one attached hydrogen (secondary N) is 2. The van der Waals surface area contributed by atoms with Crippen molar-refractivity contribution in [1.82, 2.24) is 0 Å². The molecule has 0 fully saturated rings. The Morgan fingerprint density at radius 3 is 2.65 bits per heavy atom. The van der Waals surface area contributed by atoms with Gasteiger partial charge in [0.2, 0.25) is 0 Å². The van der Waals surface area contributed by atoms with Gasteiger partial charge in [-0.2, -0.15) is 0 Å². The molecule has 2 N–H and O–H groups in total. The average Bonchev–Trinajstić information content (AvgIpc) is 3.07. The zero-order valence-corrected chi connectivity index (χ0v) is 14.2. The van der Waals surface area contributed by atoms with Gasteiger partial charge in [0.15, 0.2) is 6.04 Å². The van der Waals surface area contributed by atoms with Gasteiger partial charge in [-0.15, -0.1) is 11.3 Å². The minimum atomic E-state index is -0.108. The molecular formula is C19H21N2OS+.